The van der Waals surface area contributed by atoms with E-state index < -0.39 is 0 Å². The molecule has 5 nitrogen and oxygen atoms in total. The van der Waals surface area contributed by atoms with E-state index in [0.29, 0.717) is 23.2 Å². The molecule has 1 aliphatic heterocycles. The number of carbonyl (C=O) groups excluding carboxylic acids is 1. The predicted octanol–water partition coefficient (Wildman–Crippen LogP) is 2.84. The van der Waals surface area contributed by atoms with Crippen molar-refractivity contribution in [2.75, 3.05) is 23.0 Å². The Morgan fingerprint density at radius 3 is 2.67 bits per heavy atom. The molecule has 1 amide bonds. The summed E-state index contributed by atoms with van der Waals surface area (Å²) < 4.78 is 5.38. The molecule has 1 fully saturated rings. The second-order valence-corrected chi connectivity index (χ2v) is 6.53. The van der Waals surface area contributed by atoms with Crippen molar-refractivity contribution in [3.8, 4) is 5.75 Å². The SMILES string of the molecule is CC1CC(C)CC(Nc2cc3c(cc2N)OCC(=O)N3)C1. The molecule has 3 rings (SSSR count). The van der Waals surface area contributed by atoms with Crippen molar-refractivity contribution >= 4 is 23.0 Å². The van der Waals surface area contributed by atoms with E-state index in [-0.39, 0.29) is 12.5 Å². The Kier molecular flexibility index (Phi) is 3.66. The number of carbonyl (C=O) groups is 1. The van der Waals surface area contributed by atoms with Crippen LogP contribution in [0, 0.1) is 11.8 Å². The fourth-order valence-electron chi connectivity index (χ4n) is 3.55. The molecule has 2 aliphatic rings. The summed E-state index contributed by atoms with van der Waals surface area (Å²) in [6.07, 6.45) is 3.61. The number of fused-ring (bicyclic) bond motifs is 1. The van der Waals surface area contributed by atoms with Crippen molar-refractivity contribution < 1.29 is 9.53 Å². The van der Waals surface area contributed by atoms with Gasteiger partial charge in [-0.05, 0) is 37.2 Å². The Hall–Kier alpha value is -1.91. The largest absolute Gasteiger partial charge is 0.482 e. The van der Waals surface area contributed by atoms with Crippen LogP contribution >= 0.6 is 0 Å². The number of hydrogen-bond acceptors (Lipinski definition) is 4. The maximum atomic E-state index is 11.4. The molecule has 5 heteroatoms. The van der Waals surface area contributed by atoms with Crippen LogP contribution in [0.5, 0.6) is 5.75 Å². The topological polar surface area (TPSA) is 76.4 Å². The number of amides is 1. The molecule has 2 atom stereocenters. The molecule has 0 saturated heterocycles. The third kappa shape index (κ3) is 3.06. The monoisotopic (exact) mass is 289 g/mol. The second-order valence-electron chi connectivity index (χ2n) is 6.53. The number of nitrogens with one attached hydrogen (secondary N) is 2. The van der Waals surface area contributed by atoms with Crippen molar-refractivity contribution in [1.29, 1.82) is 0 Å². The number of anilines is 3. The molecule has 1 saturated carbocycles. The second kappa shape index (κ2) is 5.47. The maximum absolute atomic E-state index is 11.4. The van der Waals surface area contributed by atoms with Crippen molar-refractivity contribution in [3.63, 3.8) is 0 Å². The lowest BCUT2D eigenvalue weighted by molar-refractivity contribution is -0.118. The van der Waals surface area contributed by atoms with E-state index in [0.717, 1.165) is 30.4 Å². The highest BCUT2D eigenvalue weighted by atomic mass is 16.5. The Morgan fingerprint density at radius 1 is 1.24 bits per heavy atom. The molecule has 114 valence electrons. The van der Waals surface area contributed by atoms with Crippen LogP contribution in [0.4, 0.5) is 17.1 Å². The van der Waals surface area contributed by atoms with E-state index in [2.05, 4.69) is 24.5 Å². The Balaban J connectivity index is 1.79. The predicted molar refractivity (Wildman–Crippen MR) is 84.6 cm³/mol. The van der Waals surface area contributed by atoms with E-state index in [4.69, 9.17) is 10.5 Å². The number of rotatable bonds is 2. The summed E-state index contributed by atoms with van der Waals surface area (Å²) in [7, 11) is 0. The van der Waals surface area contributed by atoms with Crippen molar-refractivity contribution in [2.24, 2.45) is 11.8 Å². The zero-order valence-corrected chi connectivity index (χ0v) is 12.6. The van der Waals surface area contributed by atoms with Crippen LogP contribution in [0.3, 0.4) is 0 Å². The Bertz CT molecular complexity index is 549. The lowest BCUT2D eigenvalue weighted by atomic mass is 9.80. The van der Waals surface area contributed by atoms with Gasteiger partial charge in [0.05, 0.1) is 17.1 Å². The molecule has 0 radical (unpaired) electrons. The van der Waals surface area contributed by atoms with E-state index in [1.807, 2.05) is 6.07 Å². The molecule has 2 unspecified atom stereocenters. The standard InChI is InChI=1S/C16H23N3O2/c1-9-3-10(2)5-11(4-9)18-13-7-14-15(6-12(13)17)21-8-16(20)19-14/h6-7,9-11,18H,3-5,8,17H2,1-2H3,(H,19,20). The molecule has 21 heavy (non-hydrogen) atoms. The first kappa shape index (κ1) is 14.0. The summed E-state index contributed by atoms with van der Waals surface area (Å²) in [6, 6.07) is 4.10. The summed E-state index contributed by atoms with van der Waals surface area (Å²) in [4.78, 5) is 11.4. The van der Waals surface area contributed by atoms with Crippen LogP contribution in [0.25, 0.3) is 0 Å². The minimum atomic E-state index is -0.127. The quantitative estimate of drug-likeness (QED) is 0.732. The van der Waals surface area contributed by atoms with Gasteiger partial charge in [-0.25, -0.2) is 0 Å². The van der Waals surface area contributed by atoms with Crippen molar-refractivity contribution in [3.05, 3.63) is 12.1 Å². The van der Waals surface area contributed by atoms with Gasteiger partial charge < -0.3 is 21.1 Å². The summed E-state index contributed by atoms with van der Waals surface area (Å²) in [6.45, 7) is 4.65. The van der Waals surface area contributed by atoms with Gasteiger partial charge in [-0.15, -0.1) is 0 Å². The van der Waals surface area contributed by atoms with E-state index in [1.54, 1.807) is 6.07 Å². The molecule has 1 aliphatic carbocycles. The smallest absolute Gasteiger partial charge is 0.262 e. The van der Waals surface area contributed by atoms with Gasteiger partial charge in [0.1, 0.15) is 5.75 Å². The first-order valence-corrected chi connectivity index (χ1v) is 7.64. The van der Waals surface area contributed by atoms with Gasteiger partial charge in [-0.3, -0.25) is 4.79 Å². The highest BCUT2D eigenvalue weighted by Gasteiger charge is 2.25. The fourth-order valence-corrected chi connectivity index (χ4v) is 3.55. The van der Waals surface area contributed by atoms with Crippen LogP contribution in [0.2, 0.25) is 0 Å². The molecule has 1 heterocycles. The van der Waals surface area contributed by atoms with Gasteiger partial charge >= 0.3 is 0 Å². The maximum Gasteiger partial charge on any atom is 0.262 e. The average Bonchev–Trinajstić information content (AvgIpc) is 2.39. The average molecular weight is 289 g/mol. The third-order valence-corrected chi connectivity index (χ3v) is 4.32. The van der Waals surface area contributed by atoms with Crippen LogP contribution in [0.15, 0.2) is 12.1 Å². The molecular weight excluding hydrogens is 266 g/mol. The van der Waals surface area contributed by atoms with Crippen LogP contribution in [-0.2, 0) is 4.79 Å². The zero-order chi connectivity index (χ0) is 15.0. The molecule has 1 aromatic rings. The number of ether oxygens (including phenoxy) is 1. The summed E-state index contributed by atoms with van der Waals surface area (Å²) in [5.74, 6) is 1.97. The lowest BCUT2D eigenvalue weighted by Gasteiger charge is -2.33. The zero-order valence-electron chi connectivity index (χ0n) is 12.6. The van der Waals surface area contributed by atoms with Crippen molar-refractivity contribution in [1.82, 2.24) is 0 Å². The number of hydrogen-bond donors (Lipinski definition) is 3. The summed E-state index contributed by atoms with van der Waals surface area (Å²) in [5, 5.41) is 6.37. The molecule has 0 bridgehead atoms. The van der Waals surface area contributed by atoms with E-state index in [9.17, 15) is 4.79 Å². The molecule has 0 aromatic heterocycles. The fraction of sp³-hybridized carbons (Fsp3) is 0.562. The van der Waals surface area contributed by atoms with Gasteiger partial charge in [-0.1, -0.05) is 13.8 Å². The van der Waals surface area contributed by atoms with E-state index in [1.165, 1.54) is 6.42 Å². The molecule has 1 aromatic carbocycles. The van der Waals surface area contributed by atoms with Gasteiger partial charge in [-0.2, -0.15) is 0 Å². The van der Waals surface area contributed by atoms with Gasteiger partial charge in [0, 0.05) is 12.1 Å². The normalized spacial score (nSPS) is 28.3. The molecular formula is C16H23N3O2. The van der Waals surface area contributed by atoms with Crippen LogP contribution < -0.4 is 21.1 Å². The highest BCUT2D eigenvalue weighted by molar-refractivity contribution is 5.97. The Morgan fingerprint density at radius 2 is 1.95 bits per heavy atom. The van der Waals surface area contributed by atoms with Gasteiger partial charge in [0.25, 0.3) is 5.91 Å². The Labute approximate surface area is 125 Å². The minimum absolute atomic E-state index is 0.0525. The highest BCUT2D eigenvalue weighted by Crippen LogP contribution is 2.37. The number of nitrogens with two attached hydrogens (primary N) is 1. The first-order chi connectivity index (χ1) is 10.0. The first-order valence-electron chi connectivity index (χ1n) is 7.64. The van der Waals surface area contributed by atoms with Gasteiger partial charge in [0.2, 0.25) is 0 Å². The van der Waals surface area contributed by atoms with E-state index >= 15 is 0 Å². The molecule has 4 N–H and O–H groups in total. The molecule has 0 spiro atoms. The third-order valence-electron chi connectivity index (χ3n) is 4.32. The number of nitrogen functional groups attached to an aromatic ring is 1. The van der Waals surface area contributed by atoms with Gasteiger partial charge in [0.15, 0.2) is 6.61 Å². The van der Waals surface area contributed by atoms with Crippen molar-refractivity contribution in [2.45, 2.75) is 39.2 Å². The summed E-state index contributed by atoms with van der Waals surface area (Å²) in [5.41, 5.74) is 8.35. The minimum Gasteiger partial charge on any atom is -0.482 e. The lowest BCUT2D eigenvalue weighted by Crippen LogP contribution is -2.31. The summed E-state index contributed by atoms with van der Waals surface area (Å²) >= 11 is 0. The van der Waals surface area contributed by atoms with Crippen LogP contribution in [-0.4, -0.2) is 18.6 Å². The number of benzene rings is 1. The van der Waals surface area contributed by atoms with Crippen LogP contribution in [0.1, 0.15) is 33.1 Å².